The van der Waals surface area contributed by atoms with Crippen molar-refractivity contribution in [3.05, 3.63) is 15.6 Å². The summed E-state index contributed by atoms with van der Waals surface area (Å²) in [6.07, 6.45) is 3.52. The molecule has 1 fully saturated rings. The quantitative estimate of drug-likeness (QED) is 0.868. The molecule has 1 aromatic heterocycles. The molecule has 1 aliphatic carbocycles. The number of thiazole rings is 1. The van der Waals surface area contributed by atoms with Crippen LogP contribution in [0.3, 0.4) is 0 Å². The Kier molecular flexibility index (Phi) is 4.64. The number of rotatable bonds is 6. The lowest BCUT2D eigenvalue weighted by Crippen LogP contribution is -2.57. The van der Waals surface area contributed by atoms with E-state index in [4.69, 9.17) is 9.72 Å². The third-order valence-corrected chi connectivity index (χ3v) is 4.97. The summed E-state index contributed by atoms with van der Waals surface area (Å²) in [5.74, 6) is 0. The minimum Gasteiger partial charge on any atom is -0.378 e. The third kappa shape index (κ3) is 3.01. The van der Waals surface area contributed by atoms with Gasteiger partial charge in [0.05, 0.1) is 17.3 Å². The zero-order valence-electron chi connectivity index (χ0n) is 12.7. The van der Waals surface area contributed by atoms with Crippen molar-refractivity contribution in [1.82, 2.24) is 10.3 Å². The Labute approximate surface area is 120 Å². The predicted molar refractivity (Wildman–Crippen MR) is 80.8 cm³/mol. The molecule has 108 valence electrons. The van der Waals surface area contributed by atoms with Crippen LogP contribution >= 0.6 is 11.3 Å². The minimum absolute atomic E-state index is 0.0524. The molecule has 0 atom stereocenters. The maximum absolute atomic E-state index is 5.74. The van der Waals surface area contributed by atoms with Crippen LogP contribution in [0.5, 0.6) is 0 Å². The van der Waals surface area contributed by atoms with Crippen LogP contribution in [0, 0.1) is 6.92 Å². The second-order valence-electron chi connectivity index (χ2n) is 5.74. The number of nitrogens with zero attached hydrogens (tertiary/aromatic N) is 1. The summed E-state index contributed by atoms with van der Waals surface area (Å²) in [5.41, 5.74) is 1.31. The fraction of sp³-hybridized carbons (Fsp3) is 0.800. The van der Waals surface area contributed by atoms with Gasteiger partial charge in [-0.2, -0.15) is 0 Å². The molecule has 19 heavy (non-hydrogen) atoms. The Hall–Kier alpha value is -0.450. The molecule has 1 saturated carbocycles. The molecule has 0 saturated heterocycles. The van der Waals surface area contributed by atoms with Crippen LogP contribution in [0.25, 0.3) is 0 Å². The second-order valence-corrected chi connectivity index (χ2v) is 6.95. The second kappa shape index (κ2) is 5.90. The SMILES string of the molecule is CCOC1CC(NC(C)C)(c2nc(CC)c(C)s2)C1. The highest BCUT2D eigenvalue weighted by Crippen LogP contribution is 2.45. The normalized spacial score (nSPS) is 26.7. The minimum atomic E-state index is 0.0524. The van der Waals surface area contributed by atoms with Gasteiger partial charge in [-0.15, -0.1) is 11.3 Å². The molecule has 0 unspecified atom stereocenters. The molecule has 0 aliphatic heterocycles. The summed E-state index contributed by atoms with van der Waals surface area (Å²) in [6.45, 7) is 11.6. The van der Waals surface area contributed by atoms with E-state index in [0.29, 0.717) is 12.1 Å². The van der Waals surface area contributed by atoms with E-state index >= 15 is 0 Å². The summed E-state index contributed by atoms with van der Waals surface area (Å²) >= 11 is 1.85. The molecule has 1 N–H and O–H groups in total. The maximum atomic E-state index is 5.74. The number of hydrogen-bond donors (Lipinski definition) is 1. The summed E-state index contributed by atoms with van der Waals surface area (Å²) in [6, 6.07) is 0.469. The van der Waals surface area contributed by atoms with Gasteiger partial charge in [0.15, 0.2) is 0 Å². The van der Waals surface area contributed by atoms with Crippen LogP contribution in [0.4, 0.5) is 0 Å². The molecule has 2 rings (SSSR count). The molecule has 0 bridgehead atoms. The number of ether oxygens (including phenoxy) is 1. The Bertz CT molecular complexity index is 422. The van der Waals surface area contributed by atoms with Crippen molar-refractivity contribution in [2.45, 2.75) is 71.6 Å². The first-order chi connectivity index (χ1) is 9.00. The molecule has 1 aliphatic rings. The van der Waals surface area contributed by atoms with Gasteiger partial charge in [-0.25, -0.2) is 4.98 Å². The summed E-state index contributed by atoms with van der Waals surface area (Å²) in [4.78, 5) is 6.23. The summed E-state index contributed by atoms with van der Waals surface area (Å²) in [7, 11) is 0. The molecule has 4 heteroatoms. The highest BCUT2D eigenvalue weighted by Gasteiger charge is 2.48. The lowest BCUT2D eigenvalue weighted by molar-refractivity contribution is -0.0564. The average molecular weight is 282 g/mol. The van der Waals surface area contributed by atoms with Crippen LogP contribution in [0.15, 0.2) is 0 Å². The van der Waals surface area contributed by atoms with Crippen molar-refractivity contribution in [2.75, 3.05) is 6.61 Å². The zero-order valence-corrected chi connectivity index (χ0v) is 13.6. The van der Waals surface area contributed by atoms with E-state index in [0.717, 1.165) is 25.9 Å². The highest BCUT2D eigenvalue weighted by molar-refractivity contribution is 7.11. The van der Waals surface area contributed by atoms with Gasteiger partial charge >= 0.3 is 0 Å². The molecule has 0 amide bonds. The number of aromatic nitrogens is 1. The van der Waals surface area contributed by atoms with Gasteiger partial charge in [0.1, 0.15) is 5.01 Å². The van der Waals surface area contributed by atoms with Crippen molar-refractivity contribution in [3.63, 3.8) is 0 Å². The first-order valence-electron chi connectivity index (χ1n) is 7.36. The van der Waals surface area contributed by atoms with Gasteiger partial charge in [0.25, 0.3) is 0 Å². The Morgan fingerprint density at radius 3 is 2.58 bits per heavy atom. The van der Waals surface area contributed by atoms with Crippen LogP contribution < -0.4 is 5.32 Å². The first-order valence-corrected chi connectivity index (χ1v) is 8.18. The fourth-order valence-electron chi connectivity index (χ4n) is 2.94. The van der Waals surface area contributed by atoms with Gasteiger partial charge in [-0.05, 0) is 47.0 Å². The van der Waals surface area contributed by atoms with Crippen LogP contribution in [-0.4, -0.2) is 23.7 Å². The monoisotopic (exact) mass is 282 g/mol. The average Bonchev–Trinajstić information content (AvgIpc) is 2.67. The molecule has 0 radical (unpaired) electrons. The number of aryl methyl sites for hydroxylation is 2. The third-order valence-electron chi connectivity index (χ3n) is 3.76. The van der Waals surface area contributed by atoms with Crippen LogP contribution in [-0.2, 0) is 16.7 Å². The van der Waals surface area contributed by atoms with Gasteiger partial charge in [0.2, 0.25) is 0 Å². The van der Waals surface area contributed by atoms with Gasteiger partial charge in [0, 0.05) is 17.5 Å². The number of hydrogen-bond acceptors (Lipinski definition) is 4. The summed E-state index contributed by atoms with van der Waals surface area (Å²) < 4.78 is 5.74. The maximum Gasteiger partial charge on any atom is 0.113 e. The van der Waals surface area contributed by atoms with Gasteiger partial charge < -0.3 is 10.1 Å². The Morgan fingerprint density at radius 1 is 1.42 bits per heavy atom. The smallest absolute Gasteiger partial charge is 0.113 e. The lowest BCUT2D eigenvalue weighted by Gasteiger charge is -2.47. The standard InChI is InChI=1S/C15H26N2OS/c1-6-13-11(5)19-14(16-13)15(17-10(3)4)8-12(9-15)18-7-2/h10,12,17H,6-9H2,1-5H3. The lowest BCUT2D eigenvalue weighted by atomic mass is 9.74. The van der Waals surface area contributed by atoms with Crippen molar-refractivity contribution < 1.29 is 4.74 Å². The molecular formula is C15H26N2OS. The number of nitrogens with one attached hydrogen (secondary N) is 1. The molecule has 0 aromatic carbocycles. The topological polar surface area (TPSA) is 34.1 Å². The molecular weight excluding hydrogens is 256 g/mol. The summed E-state index contributed by atoms with van der Waals surface area (Å²) in [5, 5.41) is 4.99. The molecule has 1 aromatic rings. The first kappa shape index (κ1) is 14.9. The zero-order chi connectivity index (χ0) is 14.0. The van der Waals surface area contributed by atoms with Crippen molar-refractivity contribution in [2.24, 2.45) is 0 Å². The van der Waals surface area contributed by atoms with Crippen molar-refractivity contribution in [1.29, 1.82) is 0 Å². The molecule has 1 heterocycles. The highest BCUT2D eigenvalue weighted by atomic mass is 32.1. The van der Waals surface area contributed by atoms with E-state index < -0.39 is 0 Å². The molecule has 0 spiro atoms. The van der Waals surface area contributed by atoms with E-state index in [1.54, 1.807) is 0 Å². The van der Waals surface area contributed by atoms with Crippen molar-refractivity contribution >= 4 is 11.3 Å². The largest absolute Gasteiger partial charge is 0.378 e. The van der Waals surface area contributed by atoms with E-state index in [1.165, 1.54) is 15.6 Å². The van der Waals surface area contributed by atoms with Crippen molar-refractivity contribution in [3.8, 4) is 0 Å². The Morgan fingerprint density at radius 2 is 2.11 bits per heavy atom. The fourth-order valence-corrected chi connectivity index (χ4v) is 4.11. The van der Waals surface area contributed by atoms with E-state index in [1.807, 2.05) is 11.3 Å². The Balaban J connectivity index is 2.19. The van der Waals surface area contributed by atoms with Crippen LogP contribution in [0.2, 0.25) is 0 Å². The van der Waals surface area contributed by atoms with Gasteiger partial charge in [-0.1, -0.05) is 6.92 Å². The predicted octanol–water partition coefficient (Wildman–Crippen LogP) is 3.41. The van der Waals surface area contributed by atoms with E-state index in [-0.39, 0.29) is 5.54 Å². The van der Waals surface area contributed by atoms with E-state index in [9.17, 15) is 0 Å². The van der Waals surface area contributed by atoms with E-state index in [2.05, 4.69) is 39.9 Å². The van der Waals surface area contributed by atoms with Gasteiger partial charge in [-0.3, -0.25) is 0 Å². The van der Waals surface area contributed by atoms with Crippen LogP contribution in [0.1, 0.15) is 56.1 Å². The molecule has 3 nitrogen and oxygen atoms in total.